The number of Topliss-reactive ketones (excluding diaryl/α,β-unsaturated/α-hetero) is 1. The maximum atomic E-state index is 12.7. The number of anilines is 1. The fourth-order valence-electron chi connectivity index (χ4n) is 2.50. The van der Waals surface area contributed by atoms with E-state index in [1.807, 2.05) is 0 Å². The molecule has 0 spiro atoms. The third kappa shape index (κ3) is 5.18. The van der Waals surface area contributed by atoms with Crippen molar-refractivity contribution < 1.29 is 28.5 Å². The predicted molar refractivity (Wildman–Crippen MR) is 112 cm³/mol. The van der Waals surface area contributed by atoms with Gasteiger partial charge in [0.2, 0.25) is 6.04 Å². The molecule has 0 aliphatic rings. The van der Waals surface area contributed by atoms with Gasteiger partial charge in [0.1, 0.15) is 28.0 Å². The van der Waals surface area contributed by atoms with E-state index in [0.717, 1.165) is 0 Å². The molecule has 1 N–H and O–H groups in total. The molecule has 2 aromatic rings. The van der Waals surface area contributed by atoms with Gasteiger partial charge in [0.05, 0.1) is 34.1 Å². The Kier molecular flexibility index (Phi) is 7.99. The molecule has 0 saturated heterocycles. The van der Waals surface area contributed by atoms with E-state index >= 15 is 0 Å². The quantitative estimate of drug-likeness (QED) is 0.470. The highest BCUT2D eigenvalue weighted by Gasteiger charge is 2.25. The summed E-state index contributed by atoms with van der Waals surface area (Å²) >= 11 is 6.20. The lowest BCUT2D eigenvalue weighted by molar-refractivity contribution is -0.126. The van der Waals surface area contributed by atoms with E-state index in [1.165, 1.54) is 35.4 Å². The molecule has 0 aliphatic carbocycles. The van der Waals surface area contributed by atoms with Gasteiger partial charge in [-0.1, -0.05) is 11.6 Å². The summed E-state index contributed by atoms with van der Waals surface area (Å²) in [6.45, 7) is 1.24. The van der Waals surface area contributed by atoms with E-state index in [9.17, 15) is 9.59 Å². The van der Waals surface area contributed by atoms with Gasteiger partial charge in [0.25, 0.3) is 5.91 Å². The number of methoxy groups -OCH3 is 4. The average Bonchev–Trinajstić information content (AvgIpc) is 2.74. The van der Waals surface area contributed by atoms with E-state index < -0.39 is 17.7 Å². The average molecular weight is 436 g/mol. The number of carbonyl (C=O) groups is 2. The Balaban J connectivity index is 2.29. The molecule has 2 rings (SSSR count). The lowest BCUT2D eigenvalue weighted by Crippen LogP contribution is -2.32. The number of nitrogens with one attached hydrogen (secondary N) is 1. The normalized spacial score (nSPS) is 11.7. The van der Waals surface area contributed by atoms with Crippen molar-refractivity contribution in [3.8, 4) is 23.0 Å². The lowest BCUT2D eigenvalue weighted by atomic mass is 10.2. The van der Waals surface area contributed by atoms with Crippen molar-refractivity contribution in [1.82, 2.24) is 0 Å². The van der Waals surface area contributed by atoms with Crippen LogP contribution in [-0.2, 0) is 9.59 Å². The van der Waals surface area contributed by atoms with Gasteiger partial charge < -0.3 is 24.3 Å². The Morgan fingerprint density at radius 1 is 0.967 bits per heavy atom. The molecule has 1 unspecified atom stereocenters. The first-order valence-corrected chi connectivity index (χ1v) is 9.08. The zero-order chi connectivity index (χ0) is 22.3. The maximum Gasteiger partial charge on any atom is 0.258 e. The minimum absolute atomic E-state index is 0.182. The molecule has 0 radical (unpaired) electrons. The van der Waals surface area contributed by atoms with Gasteiger partial charge in [0.15, 0.2) is 11.5 Å². The molecule has 0 saturated carbocycles. The van der Waals surface area contributed by atoms with Crippen LogP contribution in [0.5, 0.6) is 23.0 Å². The van der Waals surface area contributed by atoms with Crippen LogP contribution in [0.25, 0.3) is 0 Å². The first kappa shape index (κ1) is 23.0. The number of hydrogen-bond acceptors (Lipinski definition) is 8. The van der Waals surface area contributed by atoms with Crippen LogP contribution in [0.1, 0.15) is 6.92 Å². The van der Waals surface area contributed by atoms with Gasteiger partial charge >= 0.3 is 0 Å². The summed E-state index contributed by atoms with van der Waals surface area (Å²) in [6, 6.07) is 6.59. The molecule has 0 aromatic heterocycles. The number of hydrogen-bond donors (Lipinski definition) is 1. The monoisotopic (exact) mass is 435 g/mol. The zero-order valence-corrected chi connectivity index (χ0v) is 17.9. The van der Waals surface area contributed by atoms with Crippen LogP contribution < -0.4 is 24.3 Å². The van der Waals surface area contributed by atoms with Crippen molar-refractivity contribution in [3.63, 3.8) is 0 Å². The number of rotatable bonds is 9. The molecule has 30 heavy (non-hydrogen) atoms. The van der Waals surface area contributed by atoms with Gasteiger partial charge in [-0.3, -0.25) is 9.59 Å². The summed E-state index contributed by atoms with van der Waals surface area (Å²) in [5, 5.41) is 10.7. The number of halogens is 1. The Hall–Kier alpha value is -3.33. The highest BCUT2D eigenvalue weighted by molar-refractivity contribution is 6.34. The van der Waals surface area contributed by atoms with E-state index in [-0.39, 0.29) is 16.5 Å². The van der Waals surface area contributed by atoms with Gasteiger partial charge in [0, 0.05) is 6.07 Å². The third-order valence-corrected chi connectivity index (χ3v) is 4.40. The maximum absolute atomic E-state index is 12.7. The van der Waals surface area contributed by atoms with Crippen molar-refractivity contribution in [1.29, 1.82) is 0 Å². The zero-order valence-electron chi connectivity index (χ0n) is 17.2. The molecule has 0 bridgehead atoms. The molecule has 0 fully saturated rings. The Bertz CT molecular complexity index is 964. The smallest absolute Gasteiger partial charge is 0.258 e. The second kappa shape index (κ2) is 10.4. The van der Waals surface area contributed by atoms with Crippen molar-refractivity contribution in [2.75, 3.05) is 33.8 Å². The Morgan fingerprint density at radius 3 is 2.23 bits per heavy atom. The molecular formula is C20H22ClN3O6. The molecule has 9 nitrogen and oxygen atoms in total. The molecular weight excluding hydrogens is 414 g/mol. The standard InChI is InChI=1S/C20H22ClN3O6/c1-11(25)18(24-23-13-7-6-12(27-2)10-16(13)29-4)20(26)22-14-8-9-15(28-3)17(21)19(14)30-5/h6-10,18H,1-5H3,(H,22,26). The van der Waals surface area contributed by atoms with Gasteiger partial charge in [-0.05, 0) is 31.2 Å². The largest absolute Gasteiger partial charge is 0.497 e. The molecule has 1 atom stereocenters. The van der Waals surface area contributed by atoms with E-state index in [1.54, 1.807) is 30.3 Å². The van der Waals surface area contributed by atoms with Crippen LogP contribution in [0.3, 0.4) is 0 Å². The first-order valence-electron chi connectivity index (χ1n) is 8.70. The third-order valence-electron chi connectivity index (χ3n) is 4.04. The van der Waals surface area contributed by atoms with Crippen LogP contribution in [0.4, 0.5) is 11.4 Å². The number of amides is 1. The van der Waals surface area contributed by atoms with Crippen molar-refractivity contribution >= 4 is 34.7 Å². The number of carbonyl (C=O) groups excluding carboxylic acids is 2. The van der Waals surface area contributed by atoms with E-state index in [0.29, 0.717) is 22.9 Å². The Morgan fingerprint density at radius 2 is 1.67 bits per heavy atom. The summed E-state index contributed by atoms with van der Waals surface area (Å²) in [7, 11) is 5.83. The number of ether oxygens (including phenoxy) is 4. The number of benzene rings is 2. The SMILES string of the molecule is COc1ccc(N=NC(C(C)=O)C(=O)Nc2ccc(OC)c(Cl)c2OC)c(OC)c1. The number of nitrogens with zero attached hydrogens (tertiary/aromatic N) is 2. The molecule has 0 heterocycles. The van der Waals surface area contributed by atoms with Gasteiger partial charge in [-0.15, -0.1) is 0 Å². The second-order valence-electron chi connectivity index (χ2n) is 5.92. The minimum Gasteiger partial charge on any atom is -0.497 e. The summed E-state index contributed by atoms with van der Waals surface area (Å²) in [5.41, 5.74) is 0.596. The van der Waals surface area contributed by atoms with Crippen LogP contribution in [-0.4, -0.2) is 46.2 Å². The molecule has 10 heteroatoms. The summed E-state index contributed by atoms with van der Waals surface area (Å²) in [4.78, 5) is 24.7. The summed E-state index contributed by atoms with van der Waals surface area (Å²) in [5.74, 6) is 0.321. The summed E-state index contributed by atoms with van der Waals surface area (Å²) < 4.78 is 20.7. The van der Waals surface area contributed by atoms with Crippen LogP contribution in [0.2, 0.25) is 5.02 Å². The molecule has 0 aliphatic heterocycles. The van der Waals surface area contributed by atoms with Crippen molar-refractivity contribution in [2.45, 2.75) is 13.0 Å². The van der Waals surface area contributed by atoms with Crippen LogP contribution >= 0.6 is 11.6 Å². The molecule has 1 amide bonds. The highest BCUT2D eigenvalue weighted by Crippen LogP contribution is 2.40. The molecule has 160 valence electrons. The van der Waals surface area contributed by atoms with Gasteiger partial charge in [-0.25, -0.2) is 0 Å². The van der Waals surface area contributed by atoms with E-state index in [4.69, 9.17) is 30.5 Å². The fraction of sp³-hybridized carbons (Fsp3) is 0.300. The minimum atomic E-state index is -1.39. The summed E-state index contributed by atoms with van der Waals surface area (Å²) in [6.07, 6.45) is 0. The number of azo groups is 1. The van der Waals surface area contributed by atoms with E-state index in [2.05, 4.69) is 15.5 Å². The lowest BCUT2D eigenvalue weighted by Gasteiger charge is -2.15. The highest BCUT2D eigenvalue weighted by atomic mass is 35.5. The van der Waals surface area contributed by atoms with Crippen LogP contribution in [0, 0.1) is 0 Å². The first-order chi connectivity index (χ1) is 14.4. The number of ketones is 1. The van der Waals surface area contributed by atoms with Crippen LogP contribution in [0.15, 0.2) is 40.6 Å². The van der Waals surface area contributed by atoms with Gasteiger partial charge in [-0.2, -0.15) is 10.2 Å². The topological polar surface area (TPSA) is 108 Å². The van der Waals surface area contributed by atoms with Crippen molar-refractivity contribution in [2.24, 2.45) is 10.2 Å². The fourth-order valence-corrected chi connectivity index (χ4v) is 2.82. The Labute approximate surface area is 178 Å². The predicted octanol–water partition coefficient (Wildman–Crippen LogP) is 4.05. The second-order valence-corrected chi connectivity index (χ2v) is 6.30. The van der Waals surface area contributed by atoms with Crippen molar-refractivity contribution in [3.05, 3.63) is 35.4 Å². The molecule has 2 aromatic carbocycles.